The fourth-order valence-electron chi connectivity index (χ4n) is 3.16. The van der Waals surface area contributed by atoms with Crippen LogP contribution in [0.5, 0.6) is 0 Å². The molecular weight excluding hydrogens is 222 g/mol. The van der Waals surface area contributed by atoms with E-state index >= 15 is 0 Å². The molecule has 2 nitrogen and oxygen atoms in total. The van der Waals surface area contributed by atoms with Gasteiger partial charge in [-0.1, -0.05) is 54.4 Å². The Labute approximate surface area is 114 Å². The van der Waals surface area contributed by atoms with Crippen molar-refractivity contribution in [3.8, 4) is 0 Å². The maximum atomic E-state index is 6.45. The fraction of sp³-hybridized carbons (Fsp3) is 1.00. The summed E-state index contributed by atoms with van der Waals surface area (Å²) in [6.07, 6.45) is 4.43. The lowest BCUT2D eigenvalue weighted by atomic mass is 9.88. The Balaban J connectivity index is 2.66. The van der Waals surface area contributed by atoms with Crippen LogP contribution in [0.2, 0.25) is 0 Å². The van der Waals surface area contributed by atoms with Crippen molar-refractivity contribution in [2.24, 2.45) is 17.8 Å². The lowest BCUT2D eigenvalue weighted by Crippen LogP contribution is -2.56. The Bertz CT molecular complexity index is 223. The average molecular weight is 255 g/mol. The number of rotatable bonds is 6. The van der Waals surface area contributed by atoms with Gasteiger partial charge in [0, 0.05) is 12.6 Å². The molecule has 0 aromatic heterocycles. The third-order valence-electron chi connectivity index (χ3n) is 4.30. The largest absolute Gasteiger partial charge is 0.372 e. The predicted octanol–water partition coefficient (Wildman–Crippen LogP) is 3.85. The van der Waals surface area contributed by atoms with Gasteiger partial charge in [-0.2, -0.15) is 0 Å². The number of hydrogen-bond donors (Lipinski definition) is 1. The second-order valence-corrected chi connectivity index (χ2v) is 6.60. The second kappa shape index (κ2) is 7.49. The molecule has 108 valence electrons. The first-order chi connectivity index (χ1) is 8.49. The summed E-state index contributed by atoms with van der Waals surface area (Å²) in [5.41, 5.74) is 0. The molecule has 0 aromatic carbocycles. The van der Waals surface area contributed by atoms with E-state index in [-0.39, 0.29) is 0 Å². The minimum Gasteiger partial charge on any atom is -0.372 e. The van der Waals surface area contributed by atoms with Gasteiger partial charge in [0.1, 0.15) is 0 Å². The van der Waals surface area contributed by atoms with Crippen LogP contribution in [0.1, 0.15) is 60.8 Å². The molecule has 1 saturated heterocycles. The molecule has 0 aromatic rings. The lowest BCUT2D eigenvalue weighted by Gasteiger charge is -2.42. The molecule has 18 heavy (non-hydrogen) atoms. The molecule has 1 fully saturated rings. The molecule has 0 radical (unpaired) electrons. The first-order valence-corrected chi connectivity index (χ1v) is 7.88. The minimum atomic E-state index is 0.393. The van der Waals surface area contributed by atoms with Crippen molar-refractivity contribution >= 4 is 0 Å². The Morgan fingerprint density at radius 3 is 2.17 bits per heavy atom. The normalized spacial score (nSPS) is 29.5. The summed E-state index contributed by atoms with van der Waals surface area (Å²) >= 11 is 0. The Kier molecular flexibility index (Phi) is 6.65. The predicted molar refractivity (Wildman–Crippen MR) is 78.8 cm³/mol. The standard InChI is InChI=1S/C16H33NO/c1-7-13(8-2)15-10-17-16(12(5)6)14(18-15)9-11(3)4/h11-17H,7-10H2,1-6H3. The monoisotopic (exact) mass is 255 g/mol. The van der Waals surface area contributed by atoms with Crippen LogP contribution >= 0.6 is 0 Å². The van der Waals surface area contributed by atoms with Gasteiger partial charge in [0.05, 0.1) is 12.2 Å². The van der Waals surface area contributed by atoms with E-state index in [1.165, 1.54) is 19.3 Å². The maximum absolute atomic E-state index is 6.45. The number of ether oxygens (including phenoxy) is 1. The topological polar surface area (TPSA) is 21.3 Å². The van der Waals surface area contributed by atoms with Crippen LogP contribution in [-0.2, 0) is 4.74 Å². The Hall–Kier alpha value is -0.0800. The zero-order valence-corrected chi connectivity index (χ0v) is 13.2. The highest BCUT2D eigenvalue weighted by molar-refractivity contribution is 4.89. The van der Waals surface area contributed by atoms with Crippen molar-refractivity contribution in [2.75, 3.05) is 6.54 Å². The summed E-state index contributed by atoms with van der Waals surface area (Å²) in [7, 11) is 0. The van der Waals surface area contributed by atoms with E-state index in [0.29, 0.717) is 36.0 Å². The molecule has 3 atom stereocenters. The summed E-state index contributed by atoms with van der Waals surface area (Å²) in [4.78, 5) is 0. The average Bonchev–Trinajstić information content (AvgIpc) is 2.29. The molecule has 1 heterocycles. The van der Waals surface area contributed by atoms with E-state index in [9.17, 15) is 0 Å². The van der Waals surface area contributed by atoms with Crippen LogP contribution < -0.4 is 5.32 Å². The zero-order chi connectivity index (χ0) is 13.7. The van der Waals surface area contributed by atoms with Gasteiger partial charge >= 0.3 is 0 Å². The molecule has 1 N–H and O–H groups in total. The number of hydrogen-bond acceptors (Lipinski definition) is 2. The lowest BCUT2D eigenvalue weighted by molar-refractivity contribution is -0.104. The van der Waals surface area contributed by atoms with Gasteiger partial charge < -0.3 is 10.1 Å². The third kappa shape index (κ3) is 4.24. The summed E-state index contributed by atoms with van der Waals surface area (Å²) < 4.78 is 6.45. The van der Waals surface area contributed by atoms with Crippen LogP contribution in [0, 0.1) is 17.8 Å². The van der Waals surface area contributed by atoms with E-state index in [2.05, 4.69) is 46.9 Å². The van der Waals surface area contributed by atoms with Gasteiger partial charge in [-0.05, 0) is 24.2 Å². The third-order valence-corrected chi connectivity index (χ3v) is 4.30. The highest BCUT2D eigenvalue weighted by Crippen LogP contribution is 2.27. The molecule has 0 saturated carbocycles. The van der Waals surface area contributed by atoms with E-state index in [4.69, 9.17) is 4.74 Å². The Morgan fingerprint density at radius 1 is 1.11 bits per heavy atom. The van der Waals surface area contributed by atoms with Gasteiger partial charge in [-0.15, -0.1) is 0 Å². The highest BCUT2D eigenvalue weighted by Gasteiger charge is 2.35. The van der Waals surface area contributed by atoms with Gasteiger partial charge in [-0.25, -0.2) is 0 Å². The van der Waals surface area contributed by atoms with Gasteiger partial charge in [0.15, 0.2) is 0 Å². The van der Waals surface area contributed by atoms with Crippen molar-refractivity contribution in [1.29, 1.82) is 0 Å². The van der Waals surface area contributed by atoms with Crippen LogP contribution in [0.15, 0.2) is 0 Å². The minimum absolute atomic E-state index is 0.393. The molecule has 0 amide bonds. The molecule has 1 aliphatic rings. The van der Waals surface area contributed by atoms with E-state index in [1.54, 1.807) is 0 Å². The summed E-state index contributed by atoms with van der Waals surface area (Å²) in [5.74, 6) is 2.06. The molecule has 3 unspecified atom stereocenters. The van der Waals surface area contributed by atoms with Gasteiger partial charge in [0.2, 0.25) is 0 Å². The molecule has 0 aliphatic carbocycles. The van der Waals surface area contributed by atoms with Crippen LogP contribution in [0.25, 0.3) is 0 Å². The first-order valence-electron chi connectivity index (χ1n) is 7.88. The first kappa shape index (κ1) is 16.0. The van der Waals surface area contributed by atoms with Crippen molar-refractivity contribution in [1.82, 2.24) is 5.32 Å². The van der Waals surface area contributed by atoms with Crippen molar-refractivity contribution in [2.45, 2.75) is 79.1 Å². The maximum Gasteiger partial charge on any atom is 0.0737 e. The summed E-state index contributed by atoms with van der Waals surface area (Å²) in [6.45, 7) is 14.8. The van der Waals surface area contributed by atoms with Crippen molar-refractivity contribution in [3.63, 3.8) is 0 Å². The van der Waals surface area contributed by atoms with Crippen molar-refractivity contribution in [3.05, 3.63) is 0 Å². The number of nitrogens with one attached hydrogen (secondary N) is 1. The fourth-order valence-corrected chi connectivity index (χ4v) is 3.16. The highest BCUT2D eigenvalue weighted by atomic mass is 16.5. The van der Waals surface area contributed by atoms with Gasteiger partial charge in [-0.3, -0.25) is 0 Å². The molecule has 1 aliphatic heterocycles. The number of morpholine rings is 1. The van der Waals surface area contributed by atoms with Crippen LogP contribution in [0.3, 0.4) is 0 Å². The smallest absolute Gasteiger partial charge is 0.0737 e. The van der Waals surface area contributed by atoms with E-state index in [1.807, 2.05) is 0 Å². The summed E-state index contributed by atoms with van der Waals surface area (Å²) in [5, 5.41) is 3.75. The zero-order valence-electron chi connectivity index (χ0n) is 13.2. The van der Waals surface area contributed by atoms with Crippen molar-refractivity contribution < 1.29 is 4.74 Å². The SMILES string of the molecule is CCC(CC)C1CNC(C(C)C)C(CC(C)C)O1. The Morgan fingerprint density at radius 2 is 1.72 bits per heavy atom. The second-order valence-electron chi connectivity index (χ2n) is 6.60. The quantitative estimate of drug-likeness (QED) is 0.778. The van der Waals surface area contributed by atoms with Crippen LogP contribution in [0.4, 0.5) is 0 Å². The van der Waals surface area contributed by atoms with Gasteiger partial charge in [0.25, 0.3) is 0 Å². The molecule has 0 bridgehead atoms. The van der Waals surface area contributed by atoms with Crippen LogP contribution in [-0.4, -0.2) is 24.8 Å². The molecular formula is C16H33NO. The van der Waals surface area contributed by atoms with E-state index < -0.39 is 0 Å². The molecule has 0 spiro atoms. The molecule has 1 rings (SSSR count). The summed E-state index contributed by atoms with van der Waals surface area (Å²) in [6, 6.07) is 0.526. The van der Waals surface area contributed by atoms with E-state index in [0.717, 1.165) is 6.54 Å². The molecule has 2 heteroatoms.